The standard InChI is InChI=1S/C29H45N3O10/c1-17(2)21(33)8-7-9-24(35)30-20-14-19(10-11-23(20)42-28-26(37)25(36)22(34)16-40-28)15-41-29(39)32(6)13-12-31(5)27(38)18(3)4/h10-11,14,17-18,22,25-26,28,34,36-37H,7-9,12-13,15-16H2,1-6H3,(H,30,35)/t22-,25+,26-,28+/m1/s1. The molecule has 0 spiro atoms. The van der Waals surface area contributed by atoms with E-state index in [0.29, 0.717) is 18.5 Å². The largest absolute Gasteiger partial charge is 0.460 e. The van der Waals surface area contributed by atoms with E-state index in [1.807, 2.05) is 0 Å². The first-order valence-electron chi connectivity index (χ1n) is 14.1. The number of nitrogens with zero attached hydrogens (tertiary/aromatic N) is 2. The highest BCUT2D eigenvalue weighted by Crippen LogP contribution is 2.30. The van der Waals surface area contributed by atoms with Gasteiger partial charge < -0.3 is 44.6 Å². The van der Waals surface area contributed by atoms with Gasteiger partial charge in [0.1, 0.15) is 36.5 Å². The number of amides is 3. The smallest absolute Gasteiger partial charge is 0.409 e. The normalized spacial score (nSPS) is 20.3. The van der Waals surface area contributed by atoms with Gasteiger partial charge in [0.2, 0.25) is 18.1 Å². The summed E-state index contributed by atoms with van der Waals surface area (Å²) in [6.45, 7) is 7.41. The van der Waals surface area contributed by atoms with Crippen LogP contribution in [0.1, 0.15) is 52.5 Å². The number of hydrogen-bond donors (Lipinski definition) is 4. The summed E-state index contributed by atoms with van der Waals surface area (Å²) in [6.07, 6.45) is -5.54. The molecule has 2 rings (SSSR count). The van der Waals surface area contributed by atoms with Crippen LogP contribution >= 0.6 is 0 Å². The Hall–Kier alpha value is -3.26. The number of nitrogens with one attached hydrogen (secondary N) is 1. The van der Waals surface area contributed by atoms with Gasteiger partial charge in [0.05, 0.1) is 12.3 Å². The zero-order chi connectivity index (χ0) is 31.6. The van der Waals surface area contributed by atoms with Crippen molar-refractivity contribution in [2.75, 3.05) is 39.1 Å². The second-order valence-corrected chi connectivity index (χ2v) is 11.1. The third-order valence-electron chi connectivity index (χ3n) is 6.80. The molecule has 1 aromatic carbocycles. The fourth-order valence-electron chi connectivity index (χ4n) is 4.00. The molecule has 0 radical (unpaired) electrons. The van der Waals surface area contributed by atoms with Crippen LogP contribution in [0.3, 0.4) is 0 Å². The molecule has 0 unspecified atom stereocenters. The molecular formula is C29H45N3O10. The van der Waals surface area contributed by atoms with Crippen LogP contribution in [-0.2, 0) is 30.5 Å². The van der Waals surface area contributed by atoms with E-state index in [1.165, 1.54) is 17.0 Å². The van der Waals surface area contributed by atoms with Crippen molar-refractivity contribution in [2.45, 2.75) is 78.2 Å². The number of rotatable bonds is 14. The third kappa shape index (κ3) is 10.5. The molecule has 1 fully saturated rings. The van der Waals surface area contributed by atoms with E-state index >= 15 is 0 Å². The van der Waals surface area contributed by atoms with Gasteiger partial charge in [-0.25, -0.2) is 4.79 Å². The van der Waals surface area contributed by atoms with Crippen molar-refractivity contribution >= 4 is 29.4 Å². The van der Waals surface area contributed by atoms with E-state index in [9.17, 15) is 34.5 Å². The number of hydrogen-bond acceptors (Lipinski definition) is 10. The predicted molar refractivity (Wildman–Crippen MR) is 152 cm³/mol. The van der Waals surface area contributed by atoms with Crippen LogP contribution in [0.25, 0.3) is 0 Å². The van der Waals surface area contributed by atoms with Crippen molar-refractivity contribution in [3.63, 3.8) is 0 Å². The molecule has 1 saturated heterocycles. The molecule has 4 N–H and O–H groups in total. The van der Waals surface area contributed by atoms with Crippen LogP contribution in [0, 0.1) is 11.8 Å². The summed E-state index contributed by atoms with van der Waals surface area (Å²) < 4.78 is 16.5. The van der Waals surface area contributed by atoms with Gasteiger partial charge >= 0.3 is 6.09 Å². The SMILES string of the molecule is CC(C)C(=O)CCCC(=O)Nc1cc(COC(=O)N(C)CCN(C)C(=O)C(C)C)ccc1O[C@@H]1OC[C@@H](O)[C@H](O)[C@H]1O. The minimum Gasteiger partial charge on any atom is -0.460 e. The van der Waals surface area contributed by atoms with Crippen molar-refractivity contribution in [1.82, 2.24) is 9.80 Å². The molecule has 0 aliphatic carbocycles. The van der Waals surface area contributed by atoms with Gasteiger partial charge in [-0.2, -0.15) is 0 Å². The number of ether oxygens (including phenoxy) is 3. The summed E-state index contributed by atoms with van der Waals surface area (Å²) in [6, 6.07) is 4.62. The van der Waals surface area contributed by atoms with E-state index in [2.05, 4.69) is 5.32 Å². The van der Waals surface area contributed by atoms with E-state index in [0.717, 1.165) is 0 Å². The molecule has 0 bridgehead atoms. The molecule has 13 nitrogen and oxygen atoms in total. The molecular weight excluding hydrogens is 550 g/mol. The van der Waals surface area contributed by atoms with Crippen LogP contribution in [0.15, 0.2) is 18.2 Å². The molecule has 0 saturated carbocycles. The fourth-order valence-corrected chi connectivity index (χ4v) is 4.00. The van der Waals surface area contributed by atoms with Crippen LogP contribution in [0.2, 0.25) is 0 Å². The van der Waals surface area contributed by atoms with Crippen LogP contribution in [-0.4, -0.2) is 107 Å². The lowest BCUT2D eigenvalue weighted by Gasteiger charge is -2.35. The number of anilines is 1. The first-order chi connectivity index (χ1) is 19.7. The minimum atomic E-state index is -1.55. The summed E-state index contributed by atoms with van der Waals surface area (Å²) >= 11 is 0. The Bertz CT molecular complexity index is 1080. The number of Topliss-reactive ketones (excluding diaryl/α,β-unsaturated/α-hetero) is 1. The number of carbonyl (C=O) groups is 4. The van der Waals surface area contributed by atoms with Gasteiger partial charge in [-0.1, -0.05) is 33.8 Å². The Morgan fingerprint density at radius 3 is 2.29 bits per heavy atom. The molecule has 3 amide bonds. The quantitative estimate of drug-likeness (QED) is 0.247. The summed E-state index contributed by atoms with van der Waals surface area (Å²) in [5, 5.41) is 32.7. The molecule has 0 aromatic heterocycles. The number of likely N-dealkylation sites (N-methyl/N-ethyl adjacent to an activating group) is 2. The number of carbonyl (C=O) groups excluding carboxylic acids is 4. The monoisotopic (exact) mass is 595 g/mol. The van der Waals surface area contributed by atoms with Crippen molar-refractivity contribution in [3.8, 4) is 5.75 Å². The highest BCUT2D eigenvalue weighted by atomic mass is 16.7. The van der Waals surface area contributed by atoms with Gasteiger partial charge in [0.25, 0.3) is 0 Å². The summed E-state index contributed by atoms with van der Waals surface area (Å²) in [7, 11) is 3.23. The van der Waals surface area contributed by atoms with Gasteiger partial charge in [-0.3, -0.25) is 14.4 Å². The van der Waals surface area contributed by atoms with Crippen molar-refractivity contribution in [2.24, 2.45) is 11.8 Å². The molecule has 1 aromatic rings. The van der Waals surface area contributed by atoms with Gasteiger partial charge in [0.15, 0.2) is 0 Å². The predicted octanol–water partition coefficient (Wildman–Crippen LogP) is 1.52. The number of ketones is 1. The van der Waals surface area contributed by atoms with E-state index in [-0.39, 0.29) is 73.5 Å². The lowest BCUT2D eigenvalue weighted by atomic mass is 10.0. The van der Waals surface area contributed by atoms with Gasteiger partial charge in [-0.05, 0) is 24.1 Å². The Morgan fingerprint density at radius 2 is 1.64 bits per heavy atom. The van der Waals surface area contributed by atoms with Gasteiger partial charge in [-0.15, -0.1) is 0 Å². The zero-order valence-electron chi connectivity index (χ0n) is 25.2. The molecule has 13 heteroatoms. The van der Waals surface area contributed by atoms with Crippen LogP contribution in [0.5, 0.6) is 5.75 Å². The maximum atomic E-state index is 12.7. The number of aliphatic hydroxyl groups excluding tert-OH is 3. The Balaban J connectivity index is 2.08. The number of aliphatic hydroxyl groups is 3. The lowest BCUT2D eigenvalue weighted by molar-refractivity contribution is -0.241. The molecule has 4 atom stereocenters. The summed E-state index contributed by atoms with van der Waals surface area (Å²) in [5.74, 6) is -0.517. The molecule has 1 aliphatic rings. The van der Waals surface area contributed by atoms with Crippen LogP contribution < -0.4 is 10.1 Å². The van der Waals surface area contributed by atoms with E-state index in [1.54, 1.807) is 52.8 Å². The molecule has 42 heavy (non-hydrogen) atoms. The average molecular weight is 596 g/mol. The topological polar surface area (TPSA) is 175 Å². The summed E-state index contributed by atoms with van der Waals surface area (Å²) in [5.41, 5.74) is 0.712. The van der Waals surface area contributed by atoms with E-state index < -0.39 is 30.7 Å². The lowest BCUT2D eigenvalue weighted by Crippen LogP contribution is -2.54. The first kappa shape index (κ1) is 34.9. The van der Waals surface area contributed by atoms with Crippen LogP contribution in [0.4, 0.5) is 10.5 Å². The van der Waals surface area contributed by atoms with E-state index in [4.69, 9.17) is 14.2 Å². The fraction of sp³-hybridized carbons (Fsp3) is 0.655. The second kappa shape index (κ2) is 16.4. The zero-order valence-corrected chi connectivity index (χ0v) is 25.2. The first-order valence-corrected chi connectivity index (χ1v) is 14.1. The highest BCUT2D eigenvalue weighted by molar-refractivity contribution is 5.92. The van der Waals surface area contributed by atoms with Crippen molar-refractivity contribution in [3.05, 3.63) is 23.8 Å². The molecule has 1 aliphatic heterocycles. The highest BCUT2D eigenvalue weighted by Gasteiger charge is 2.39. The molecule has 1 heterocycles. The van der Waals surface area contributed by atoms with Crippen molar-refractivity contribution < 1.29 is 48.7 Å². The maximum Gasteiger partial charge on any atom is 0.409 e. The molecule has 236 valence electrons. The Labute approximate surface area is 246 Å². The minimum absolute atomic E-state index is 0.0305. The maximum absolute atomic E-state index is 12.7. The van der Waals surface area contributed by atoms with Gasteiger partial charge in [0, 0.05) is 51.9 Å². The third-order valence-corrected chi connectivity index (χ3v) is 6.80. The number of benzene rings is 1. The Morgan fingerprint density at radius 1 is 0.976 bits per heavy atom. The van der Waals surface area contributed by atoms with Crippen molar-refractivity contribution in [1.29, 1.82) is 0 Å². The summed E-state index contributed by atoms with van der Waals surface area (Å²) in [4.78, 5) is 52.1. The average Bonchev–Trinajstić information content (AvgIpc) is 2.94. The Kier molecular flexibility index (Phi) is 13.6. The second-order valence-electron chi connectivity index (χ2n) is 11.1.